The molecule has 0 spiro atoms. The number of nitrogens with zero attached hydrogens (tertiary/aromatic N) is 2. The quantitative estimate of drug-likeness (QED) is 0.688. The molecule has 4 amide bonds. The molecule has 182 valence electrons. The van der Waals surface area contributed by atoms with Crippen LogP contribution in [0.2, 0.25) is 0 Å². The van der Waals surface area contributed by atoms with Gasteiger partial charge in [0.15, 0.2) is 0 Å². The lowest BCUT2D eigenvalue weighted by atomic mass is 9.88. The number of carbonyl (C=O) groups excluding carboxylic acids is 4. The van der Waals surface area contributed by atoms with Crippen LogP contribution < -0.4 is 15.4 Å². The van der Waals surface area contributed by atoms with Crippen LogP contribution in [0.15, 0.2) is 24.3 Å². The lowest BCUT2D eigenvalue weighted by molar-refractivity contribution is -0.138. The Morgan fingerprint density at radius 3 is 2.50 bits per heavy atom. The molecule has 0 aromatic heterocycles. The summed E-state index contributed by atoms with van der Waals surface area (Å²) in [5.41, 5.74) is 0.473. The van der Waals surface area contributed by atoms with E-state index in [1.807, 2.05) is 0 Å². The number of rotatable bonds is 4. The Hall–Kier alpha value is -3.10. The SMILES string of the molecule is COc1ccc(C(=O)N2CCC3NC(=O)C4CC(NC(=O)C5CCCCC5)CN4C(=O)C32)cc1. The Morgan fingerprint density at radius 2 is 1.79 bits per heavy atom. The van der Waals surface area contributed by atoms with Gasteiger partial charge in [-0.15, -0.1) is 0 Å². The van der Waals surface area contributed by atoms with Crippen LogP contribution in [0.25, 0.3) is 0 Å². The van der Waals surface area contributed by atoms with Crippen molar-refractivity contribution in [1.82, 2.24) is 20.4 Å². The highest BCUT2D eigenvalue weighted by Crippen LogP contribution is 2.31. The molecular weight excluding hydrogens is 436 g/mol. The maximum Gasteiger partial charge on any atom is 0.254 e. The molecule has 1 aromatic rings. The largest absolute Gasteiger partial charge is 0.497 e. The average Bonchev–Trinajstić information content (AvgIpc) is 3.46. The Labute approximate surface area is 199 Å². The number of likely N-dealkylation sites (tertiary alicyclic amines) is 1. The zero-order valence-corrected chi connectivity index (χ0v) is 19.5. The maximum absolute atomic E-state index is 13.6. The Bertz CT molecular complexity index is 974. The maximum atomic E-state index is 13.6. The fourth-order valence-corrected chi connectivity index (χ4v) is 5.94. The number of carbonyl (C=O) groups is 4. The molecule has 9 heteroatoms. The first-order valence-corrected chi connectivity index (χ1v) is 12.3. The minimum absolute atomic E-state index is 0.0236. The third-order valence-corrected chi connectivity index (χ3v) is 7.79. The van der Waals surface area contributed by atoms with E-state index in [2.05, 4.69) is 10.6 Å². The topological polar surface area (TPSA) is 108 Å². The van der Waals surface area contributed by atoms with E-state index in [1.54, 1.807) is 41.2 Å². The van der Waals surface area contributed by atoms with E-state index in [0.717, 1.165) is 25.7 Å². The van der Waals surface area contributed by atoms with Gasteiger partial charge in [-0.25, -0.2) is 0 Å². The van der Waals surface area contributed by atoms with Crippen LogP contribution in [0, 0.1) is 5.92 Å². The second-order valence-electron chi connectivity index (χ2n) is 9.86. The highest BCUT2D eigenvalue weighted by Gasteiger charge is 2.52. The van der Waals surface area contributed by atoms with Crippen molar-refractivity contribution >= 4 is 23.6 Å². The molecule has 5 rings (SSSR count). The smallest absolute Gasteiger partial charge is 0.254 e. The number of hydrogen-bond acceptors (Lipinski definition) is 5. The molecule has 4 unspecified atom stereocenters. The van der Waals surface area contributed by atoms with Gasteiger partial charge in [0.2, 0.25) is 17.7 Å². The molecule has 9 nitrogen and oxygen atoms in total. The molecule has 1 aliphatic carbocycles. The minimum Gasteiger partial charge on any atom is -0.497 e. The van der Waals surface area contributed by atoms with Crippen molar-refractivity contribution in [3.8, 4) is 5.75 Å². The second kappa shape index (κ2) is 9.27. The van der Waals surface area contributed by atoms with Crippen LogP contribution in [-0.2, 0) is 14.4 Å². The van der Waals surface area contributed by atoms with Gasteiger partial charge in [-0.1, -0.05) is 19.3 Å². The van der Waals surface area contributed by atoms with E-state index >= 15 is 0 Å². The monoisotopic (exact) mass is 468 g/mol. The summed E-state index contributed by atoms with van der Waals surface area (Å²) in [5, 5.41) is 6.10. The lowest BCUT2D eigenvalue weighted by Crippen LogP contribution is -2.52. The summed E-state index contributed by atoms with van der Waals surface area (Å²) in [5.74, 6) is 0.0457. The third-order valence-electron chi connectivity index (χ3n) is 7.79. The van der Waals surface area contributed by atoms with Gasteiger partial charge in [-0.05, 0) is 49.9 Å². The van der Waals surface area contributed by atoms with Crippen molar-refractivity contribution in [2.75, 3.05) is 20.2 Å². The standard InChI is InChI=1S/C25H32N4O5/c1-34-18-9-7-16(8-10-18)24(32)28-12-11-19-21(28)25(33)29-14-17(13-20(29)23(31)27-19)26-22(30)15-5-3-2-4-6-15/h7-10,15,17,19-21H,2-6,11-14H2,1H3,(H,26,30)(H,27,31). The molecule has 1 saturated carbocycles. The Morgan fingerprint density at radius 1 is 1.06 bits per heavy atom. The molecule has 3 heterocycles. The van der Waals surface area contributed by atoms with Crippen molar-refractivity contribution in [1.29, 1.82) is 0 Å². The van der Waals surface area contributed by atoms with Crippen molar-refractivity contribution in [2.45, 2.75) is 69.1 Å². The van der Waals surface area contributed by atoms with Gasteiger partial charge in [-0.2, -0.15) is 0 Å². The number of methoxy groups -OCH3 is 1. The van der Waals surface area contributed by atoms with Gasteiger partial charge in [0.1, 0.15) is 17.8 Å². The molecule has 3 saturated heterocycles. The summed E-state index contributed by atoms with van der Waals surface area (Å²) in [6, 6.07) is 4.79. The van der Waals surface area contributed by atoms with Gasteiger partial charge >= 0.3 is 0 Å². The first-order valence-electron chi connectivity index (χ1n) is 12.3. The molecule has 1 aromatic carbocycles. The lowest BCUT2D eigenvalue weighted by Gasteiger charge is -2.29. The van der Waals surface area contributed by atoms with Crippen LogP contribution in [0.3, 0.4) is 0 Å². The van der Waals surface area contributed by atoms with Crippen LogP contribution in [0.4, 0.5) is 0 Å². The number of ether oxygens (including phenoxy) is 1. The van der Waals surface area contributed by atoms with Crippen LogP contribution in [-0.4, -0.2) is 77.8 Å². The molecule has 2 N–H and O–H groups in total. The zero-order valence-electron chi connectivity index (χ0n) is 19.5. The van der Waals surface area contributed by atoms with Crippen LogP contribution in [0.5, 0.6) is 5.75 Å². The van der Waals surface area contributed by atoms with Gasteiger partial charge in [-0.3, -0.25) is 19.2 Å². The van der Waals surface area contributed by atoms with Gasteiger partial charge < -0.3 is 25.2 Å². The van der Waals surface area contributed by atoms with E-state index in [9.17, 15) is 19.2 Å². The molecular formula is C25H32N4O5. The second-order valence-corrected chi connectivity index (χ2v) is 9.86. The van der Waals surface area contributed by atoms with E-state index in [-0.39, 0.29) is 35.6 Å². The van der Waals surface area contributed by atoms with Gasteiger partial charge in [0.05, 0.1) is 13.2 Å². The molecule has 4 aliphatic rings. The number of benzene rings is 1. The molecule has 34 heavy (non-hydrogen) atoms. The number of fused-ring (bicyclic) bond motifs is 2. The summed E-state index contributed by atoms with van der Waals surface area (Å²) in [6.45, 7) is 0.690. The summed E-state index contributed by atoms with van der Waals surface area (Å²) < 4.78 is 5.17. The van der Waals surface area contributed by atoms with Crippen molar-refractivity contribution in [2.24, 2.45) is 5.92 Å². The first kappa shape index (κ1) is 22.7. The Kier molecular flexibility index (Phi) is 6.18. The van der Waals surface area contributed by atoms with E-state index in [4.69, 9.17) is 4.74 Å². The van der Waals surface area contributed by atoms with Crippen molar-refractivity contribution in [3.63, 3.8) is 0 Å². The molecule has 3 aliphatic heterocycles. The van der Waals surface area contributed by atoms with E-state index < -0.39 is 18.1 Å². The molecule has 4 atom stereocenters. The summed E-state index contributed by atoms with van der Waals surface area (Å²) >= 11 is 0. The average molecular weight is 469 g/mol. The van der Waals surface area contributed by atoms with E-state index in [1.165, 1.54) is 6.42 Å². The summed E-state index contributed by atoms with van der Waals surface area (Å²) in [4.78, 5) is 55.8. The highest BCUT2D eigenvalue weighted by molar-refractivity contribution is 6.01. The minimum atomic E-state index is -0.739. The van der Waals surface area contributed by atoms with Crippen LogP contribution in [0.1, 0.15) is 55.3 Å². The third kappa shape index (κ3) is 4.12. The first-order chi connectivity index (χ1) is 16.5. The number of nitrogens with one attached hydrogen (secondary N) is 2. The number of hydrogen-bond donors (Lipinski definition) is 2. The fourth-order valence-electron chi connectivity index (χ4n) is 5.94. The normalized spacial score (nSPS) is 29.2. The van der Waals surface area contributed by atoms with E-state index in [0.29, 0.717) is 37.2 Å². The van der Waals surface area contributed by atoms with Crippen molar-refractivity contribution < 1.29 is 23.9 Å². The summed E-state index contributed by atoms with van der Waals surface area (Å²) in [7, 11) is 1.56. The fraction of sp³-hybridized carbons (Fsp3) is 0.600. The number of amides is 4. The van der Waals surface area contributed by atoms with Gasteiger partial charge in [0, 0.05) is 30.6 Å². The zero-order chi connectivity index (χ0) is 23.8. The predicted molar refractivity (Wildman–Crippen MR) is 123 cm³/mol. The highest BCUT2D eigenvalue weighted by atomic mass is 16.5. The molecule has 0 radical (unpaired) electrons. The van der Waals surface area contributed by atoms with Crippen LogP contribution >= 0.6 is 0 Å². The van der Waals surface area contributed by atoms with Crippen molar-refractivity contribution in [3.05, 3.63) is 29.8 Å². The molecule has 0 bridgehead atoms. The molecule has 4 fully saturated rings. The predicted octanol–water partition coefficient (Wildman–Crippen LogP) is 1.07. The van der Waals surface area contributed by atoms with Gasteiger partial charge in [0.25, 0.3) is 5.91 Å². The Balaban J connectivity index is 1.30. The summed E-state index contributed by atoms with van der Waals surface area (Å²) in [6.07, 6.45) is 6.05.